The number of esters is 1. The molecule has 1 unspecified atom stereocenters. The number of ether oxygens (including phenoxy) is 1. The Hall–Kier alpha value is -2.10. The van der Waals surface area contributed by atoms with Crippen molar-refractivity contribution in [3.63, 3.8) is 0 Å². The zero-order chi connectivity index (χ0) is 17.2. The normalized spacial score (nSPS) is 12.2. The number of hydrogen-bond acceptors (Lipinski definition) is 3. The van der Waals surface area contributed by atoms with Crippen molar-refractivity contribution < 1.29 is 14.3 Å². The Balaban J connectivity index is 2.71. The highest BCUT2D eigenvalue weighted by Crippen LogP contribution is 2.09. The van der Waals surface area contributed by atoms with Crippen LogP contribution in [0.4, 0.5) is 0 Å². The average Bonchev–Trinajstić information content (AvgIpc) is 2.54. The lowest BCUT2D eigenvalue weighted by Crippen LogP contribution is -2.38. The number of carbonyl (C=O) groups excluding carboxylic acids is 2. The first-order chi connectivity index (χ1) is 11.0. The monoisotopic (exact) mass is 317 g/mol. The number of rotatable bonds is 8. The number of nitrogens with zero attached hydrogens (tertiary/aromatic N) is 1. The lowest BCUT2D eigenvalue weighted by atomic mass is 10.1. The van der Waals surface area contributed by atoms with Crippen LogP contribution in [-0.2, 0) is 14.3 Å². The van der Waals surface area contributed by atoms with Crippen molar-refractivity contribution in [1.82, 2.24) is 4.90 Å². The number of carbonyl (C=O) groups is 2. The van der Waals surface area contributed by atoms with Gasteiger partial charge in [-0.25, -0.2) is 0 Å². The Labute approximate surface area is 139 Å². The molecule has 0 fully saturated rings. The fraction of sp³-hybridized carbons (Fsp3) is 0.474. The van der Waals surface area contributed by atoms with Crippen molar-refractivity contribution in [2.75, 3.05) is 13.2 Å². The van der Waals surface area contributed by atoms with Gasteiger partial charge in [-0.15, -0.1) is 0 Å². The molecule has 0 radical (unpaired) electrons. The van der Waals surface area contributed by atoms with E-state index in [1.54, 1.807) is 17.9 Å². The first-order valence-corrected chi connectivity index (χ1v) is 8.18. The van der Waals surface area contributed by atoms with Gasteiger partial charge in [-0.3, -0.25) is 9.59 Å². The van der Waals surface area contributed by atoms with Crippen LogP contribution >= 0.6 is 0 Å². The molecule has 0 heterocycles. The minimum atomic E-state index is -0.267. The summed E-state index contributed by atoms with van der Waals surface area (Å²) in [5, 5.41) is 0. The molecule has 4 heteroatoms. The topological polar surface area (TPSA) is 46.6 Å². The Morgan fingerprint density at radius 2 is 1.87 bits per heavy atom. The highest BCUT2D eigenvalue weighted by Gasteiger charge is 2.18. The lowest BCUT2D eigenvalue weighted by molar-refractivity contribution is -0.144. The molecule has 1 atom stereocenters. The molecule has 1 rings (SSSR count). The van der Waals surface area contributed by atoms with Crippen LogP contribution < -0.4 is 0 Å². The van der Waals surface area contributed by atoms with Crippen molar-refractivity contribution in [3.8, 4) is 0 Å². The molecule has 0 aromatic heterocycles. The molecule has 0 aliphatic rings. The summed E-state index contributed by atoms with van der Waals surface area (Å²) in [4.78, 5) is 25.7. The number of amides is 1. The number of hydrogen-bond donors (Lipinski definition) is 0. The smallest absolute Gasteiger partial charge is 0.307 e. The summed E-state index contributed by atoms with van der Waals surface area (Å²) in [7, 11) is 0. The SMILES string of the molecule is CCOC(=O)CCN(C(=O)/C=C/c1ccc(C)cc1)C(C)CC. The van der Waals surface area contributed by atoms with E-state index < -0.39 is 0 Å². The quantitative estimate of drug-likeness (QED) is 0.544. The zero-order valence-corrected chi connectivity index (χ0v) is 14.5. The standard InChI is InChI=1S/C19H27NO3/c1-5-16(4)20(14-13-19(22)23-6-2)18(21)12-11-17-9-7-15(3)8-10-17/h7-12,16H,5-6,13-14H2,1-4H3/b12-11+. The van der Waals surface area contributed by atoms with E-state index in [4.69, 9.17) is 4.74 Å². The van der Waals surface area contributed by atoms with E-state index in [1.165, 1.54) is 5.56 Å². The van der Waals surface area contributed by atoms with Gasteiger partial charge in [0.25, 0.3) is 0 Å². The van der Waals surface area contributed by atoms with Gasteiger partial charge >= 0.3 is 5.97 Å². The Morgan fingerprint density at radius 3 is 2.43 bits per heavy atom. The van der Waals surface area contributed by atoms with Crippen LogP contribution in [0.1, 0.15) is 44.7 Å². The van der Waals surface area contributed by atoms with Gasteiger partial charge in [0, 0.05) is 18.7 Å². The third-order valence-corrected chi connectivity index (χ3v) is 3.76. The van der Waals surface area contributed by atoms with Crippen LogP contribution in [0.3, 0.4) is 0 Å². The molecule has 0 saturated heterocycles. The highest BCUT2D eigenvalue weighted by atomic mass is 16.5. The van der Waals surface area contributed by atoms with Gasteiger partial charge in [0.15, 0.2) is 0 Å². The molecule has 1 amide bonds. The van der Waals surface area contributed by atoms with Gasteiger partial charge < -0.3 is 9.64 Å². The van der Waals surface area contributed by atoms with Crippen LogP contribution in [-0.4, -0.2) is 36.0 Å². The largest absolute Gasteiger partial charge is 0.466 e. The van der Waals surface area contributed by atoms with Gasteiger partial charge in [-0.05, 0) is 38.8 Å². The van der Waals surface area contributed by atoms with E-state index in [2.05, 4.69) is 0 Å². The van der Waals surface area contributed by atoms with Crippen molar-refractivity contribution >= 4 is 18.0 Å². The van der Waals surface area contributed by atoms with E-state index in [1.807, 2.05) is 51.1 Å². The molecular formula is C19H27NO3. The summed E-state index contributed by atoms with van der Waals surface area (Å²) in [6, 6.07) is 8.06. The average molecular weight is 317 g/mol. The molecule has 4 nitrogen and oxygen atoms in total. The third-order valence-electron chi connectivity index (χ3n) is 3.76. The summed E-state index contributed by atoms with van der Waals surface area (Å²) in [6.45, 7) is 8.56. The van der Waals surface area contributed by atoms with E-state index >= 15 is 0 Å². The fourth-order valence-corrected chi connectivity index (χ4v) is 2.15. The zero-order valence-electron chi connectivity index (χ0n) is 14.5. The maximum Gasteiger partial charge on any atom is 0.307 e. The number of aryl methyl sites for hydroxylation is 1. The molecule has 0 spiro atoms. The van der Waals surface area contributed by atoms with Crippen LogP contribution in [0.15, 0.2) is 30.3 Å². The van der Waals surface area contributed by atoms with Crippen LogP contribution in [0, 0.1) is 6.92 Å². The van der Waals surface area contributed by atoms with E-state index in [9.17, 15) is 9.59 Å². The number of benzene rings is 1. The fourth-order valence-electron chi connectivity index (χ4n) is 2.15. The second-order valence-electron chi connectivity index (χ2n) is 5.59. The van der Waals surface area contributed by atoms with Gasteiger partial charge in [0.1, 0.15) is 0 Å². The summed E-state index contributed by atoms with van der Waals surface area (Å²) in [6.07, 6.45) is 4.44. The Morgan fingerprint density at radius 1 is 1.22 bits per heavy atom. The molecule has 0 bridgehead atoms. The van der Waals surface area contributed by atoms with Gasteiger partial charge in [0.05, 0.1) is 13.0 Å². The summed E-state index contributed by atoms with van der Waals surface area (Å²) in [5.41, 5.74) is 2.17. The van der Waals surface area contributed by atoms with Gasteiger partial charge in [-0.2, -0.15) is 0 Å². The minimum Gasteiger partial charge on any atom is -0.466 e. The van der Waals surface area contributed by atoms with Crippen LogP contribution in [0.25, 0.3) is 6.08 Å². The van der Waals surface area contributed by atoms with E-state index in [-0.39, 0.29) is 24.3 Å². The first kappa shape index (κ1) is 18.9. The molecule has 1 aromatic carbocycles. The summed E-state index contributed by atoms with van der Waals surface area (Å²) >= 11 is 0. The molecule has 23 heavy (non-hydrogen) atoms. The second-order valence-corrected chi connectivity index (χ2v) is 5.59. The van der Waals surface area contributed by atoms with Crippen LogP contribution in [0.2, 0.25) is 0 Å². The Bertz CT molecular complexity index is 534. The Kier molecular flexibility index (Phi) is 8.09. The predicted octanol–water partition coefficient (Wildman–Crippen LogP) is 3.59. The van der Waals surface area contributed by atoms with Crippen molar-refractivity contribution in [2.24, 2.45) is 0 Å². The van der Waals surface area contributed by atoms with Gasteiger partial charge in [-0.1, -0.05) is 36.8 Å². The molecular weight excluding hydrogens is 290 g/mol. The maximum absolute atomic E-state index is 12.4. The second kappa shape index (κ2) is 9.82. The van der Waals surface area contributed by atoms with Crippen molar-refractivity contribution in [2.45, 2.75) is 46.6 Å². The summed E-state index contributed by atoms with van der Waals surface area (Å²) < 4.78 is 4.93. The molecule has 1 aromatic rings. The molecule has 126 valence electrons. The predicted molar refractivity (Wildman–Crippen MR) is 92.9 cm³/mol. The van der Waals surface area contributed by atoms with Crippen molar-refractivity contribution in [3.05, 3.63) is 41.5 Å². The third kappa shape index (κ3) is 6.68. The first-order valence-electron chi connectivity index (χ1n) is 8.18. The molecule has 0 N–H and O–H groups in total. The maximum atomic E-state index is 12.4. The molecule has 0 aliphatic carbocycles. The molecule has 0 aliphatic heterocycles. The van der Waals surface area contributed by atoms with Crippen LogP contribution in [0.5, 0.6) is 0 Å². The summed E-state index contributed by atoms with van der Waals surface area (Å²) in [5.74, 6) is -0.347. The lowest BCUT2D eigenvalue weighted by Gasteiger charge is -2.27. The highest BCUT2D eigenvalue weighted by molar-refractivity contribution is 5.92. The van der Waals surface area contributed by atoms with Gasteiger partial charge in [0.2, 0.25) is 5.91 Å². The van der Waals surface area contributed by atoms with Crippen molar-refractivity contribution in [1.29, 1.82) is 0 Å². The van der Waals surface area contributed by atoms with E-state index in [0.717, 1.165) is 12.0 Å². The minimum absolute atomic E-state index is 0.0794. The molecule has 0 saturated carbocycles. The van der Waals surface area contributed by atoms with E-state index in [0.29, 0.717) is 13.2 Å².